The fraction of sp³-hybridized carbons (Fsp3) is 0.429. The number of hydrogen-bond acceptors (Lipinski definition) is 4. The molecule has 0 radical (unpaired) electrons. The van der Waals surface area contributed by atoms with E-state index in [2.05, 4.69) is 12.1 Å². The largest absolute Gasteiger partial charge is 0.496 e. The smallest absolute Gasteiger partial charge is 0.278 e. The maximum absolute atomic E-state index is 14.0. The average molecular weight is 447 g/mol. The van der Waals surface area contributed by atoms with E-state index in [1.807, 2.05) is 54.3 Å². The Kier molecular flexibility index (Phi) is 7.48. The highest BCUT2D eigenvalue weighted by Crippen LogP contribution is 2.39. The van der Waals surface area contributed by atoms with Crippen LogP contribution in [0.2, 0.25) is 0 Å². The Morgan fingerprint density at radius 3 is 2.18 bits per heavy atom. The summed E-state index contributed by atoms with van der Waals surface area (Å²) in [7, 11) is 1.61. The molecule has 5 nitrogen and oxygen atoms in total. The van der Waals surface area contributed by atoms with Gasteiger partial charge >= 0.3 is 0 Å². The molecule has 2 aromatic rings. The van der Waals surface area contributed by atoms with Crippen molar-refractivity contribution in [2.75, 3.05) is 13.7 Å². The number of methoxy groups -OCH3 is 1. The number of para-hydroxylation sites is 1. The molecule has 0 saturated heterocycles. The number of hydrogen-bond donors (Lipinski definition) is 0. The monoisotopic (exact) mass is 446 g/mol. The normalized spacial score (nSPS) is 17.8. The Labute approximate surface area is 197 Å². The van der Waals surface area contributed by atoms with E-state index in [0.717, 1.165) is 31.2 Å². The second kappa shape index (κ2) is 10.7. The van der Waals surface area contributed by atoms with E-state index in [1.165, 1.54) is 19.3 Å². The highest BCUT2D eigenvalue weighted by molar-refractivity contribution is 6.36. The number of ether oxygens (including phenoxy) is 1. The van der Waals surface area contributed by atoms with Crippen LogP contribution in [0.3, 0.4) is 0 Å². The second-order valence-electron chi connectivity index (χ2n) is 8.90. The highest BCUT2D eigenvalue weighted by atomic mass is 16.5. The van der Waals surface area contributed by atoms with Gasteiger partial charge < -0.3 is 9.64 Å². The lowest BCUT2D eigenvalue weighted by Gasteiger charge is -2.30. The molecule has 0 aromatic heterocycles. The summed E-state index contributed by atoms with van der Waals surface area (Å²) >= 11 is 0. The Bertz CT molecular complexity index is 1010. The minimum absolute atomic E-state index is 0.0389. The first-order valence-corrected chi connectivity index (χ1v) is 12.2. The van der Waals surface area contributed by atoms with E-state index in [-0.39, 0.29) is 17.9 Å². The van der Waals surface area contributed by atoms with Crippen molar-refractivity contribution in [2.24, 2.45) is 0 Å². The van der Waals surface area contributed by atoms with Gasteiger partial charge in [-0.3, -0.25) is 14.5 Å². The number of imide groups is 1. The number of nitrogens with zero attached hydrogens (tertiary/aromatic N) is 2. The number of likely N-dealkylation sites (N-methyl/N-ethyl adjacent to an activating group) is 1. The molecule has 1 fully saturated rings. The predicted molar refractivity (Wildman–Crippen MR) is 130 cm³/mol. The first-order chi connectivity index (χ1) is 16.2. The fourth-order valence-corrected chi connectivity index (χ4v) is 5.10. The van der Waals surface area contributed by atoms with Gasteiger partial charge in [0, 0.05) is 24.7 Å². The van der Waals surface area contributed by atoms with Crippen LogP contribution < -0.4 is 4.74 Å². The van der Waals surface area contributed by atoms with Crippen LogP contribution in [-0.2, 0) is 16.1 Å². The topological polar surface area (TPSA) is 49.9 Å². The maximum Gasteiger partial charge on any atom is 0.278 e. The zero-order valence-electron chi connectivity index (χ0n) is 19.8. The molecular formula is C28H34N2O3. The Hall–Kier alpha value is -3.08. The van der Waals surface area contributed by atoms with Crippen molar-refractivity contribution in [3.63, 3.8) is 0 Å². The predicted octanol–water partition coefficient (Wildman–Crippen LogP) is 5.41. The van der Waals surface area contributed by atoms with E-state index in [9.17, 15) is 9.59 Å². The van der Waals surface area contributed by atoms with Gasteiger partial charge in [0.05, 0.1) is 12.7 Å². The Balaban J connectivity index is 1.78. The van der Waals surface area contributed by atoms with Gasteiger partial charge in [-0.2, -0.15) is 0 Å². The molecule has 33 heavy (non-hydrogen) atoms. The standard InChI is InChI=1S/C28H34N2O3/c1-3-29(20-21-14-8-7-9-15-21)26-25(23-18-12-13-19-24(23)33-2)27(31)30(28(26)32)22-16-10-5-4-6-11-17-22/h7-9,12-15,18-19,22H,3-6,10-11,16-17,20H2,1-2H3. The van der Waals surface area contributed by atoms with Crippen molar-refractivity contribution in [2.45, 2.75) is 64.5 Å². The van der Waals surface area contributed by atoms with Gasteiger partial charge in [-0.15, -0.1) is 0 Å². The lowest BCUT2D eigenvalue weighted by molar-refractivity contribution is -0.140. The average Bonchev–Trinajstić information content (AvgIpc) is 3.08. The highest BCUT2D eigenvalue weighted by Gasteiger charge is 2.45. The molecule has 1 aliphatic heterocycles. The number of amides is 2. The van der Waals surface area contributed by atoms with Crippen molar-refractivity contribution >= 4 is 17.4 Å². The van der Waals surface area contributed by atoms with Crippen molar-refractivity contribution in [3.8, 4) is 5.75 Å². The third-order valence-electron chi connectivity index (χ3n) is 6.82. The van der Waals surface area contributed by atoms with Crippen LogP contribution in [0.25, 0.3) is 5.57 Å². The molecule has 4 rings (SSSR count). The molecule has 1 aliphatic carbocycles. The van der Waals surface area contributed by atoms with Crippen LogP contribution in [0.4, 0.5) is 0 Å². The van der Waals surface area contributed by atoms with E-state index in [0.29, 0.717) is 35.7 Å². The second-order valence-corrected chi connectivity index (χ2v) is 8.90. The molecule has 0 N–H and O–H groups in total. The summed E-state index contributed by atoms with van der Waals surface area (Å²) < 4.78 is 5.60. The minimum atomic E-state index is -0.184. The molecule has 2 aliphatic rings. The summed E-state index contributed by atoms with van der Waals surface area (Å²) in [4.78, 5) is 31.5. The molecule has 2 aromatic carbocycles. The Morgan fingerprint density at radius 1 is 0.879 bits per heavy atom. The zero-order chi connectivity index (χ0) is 23.2. The van der Waals surface area contributed by atoms with Crippen LogP contribution in [0.1, 0.15) is 63.0 Å². The molecule has 5 heteroatoms. The molecule has 0 bridgehead atoms. The van der Waals surface area contributed by atoms with Crippen LogP contribution in [0.5, 0.6) is 5.75 Å². The van der Waals surface area contributed by atoms with E-state index in [4.69, 9.17) is 4.74 Å². The van der Waals surface area contributed by atoms with E-state index in [1.54, 1.807) is 12.0 Å². The summed E-state index contributed by atoms with van der Waals surface area (Å²) in [5, 5.41) is 0. The number of rotatable bonds is 7. The van der Waals surface area contributed by atoms with Crippen molar-refractivity contribution in [1.82, 2.24) is 9.80 Å². The van der Waals surface area contributed by atoms with Crippen LogP contribution in [-0.4, -0.2) is 41.3 Å². The lowest BCUT2D eigenvalue weighted by Crippen LogP contribution is -2.43. The van der Waals surface area contributed by atoms with Crippen molar-refractivity contribution in [3.05, 3.63) is 71.4 Å². The number of carbonyl (C=O) groups is 2. The minimum Gasteiger partial charge on any atom is -0.496 e. The summed E-state index contributed by atoms with van der Waals surface area (Å²) in [6.07, 6.45) is 7.46. The van der Waals surface area contributed by atoms with E-state index < -0.39 is 0 Å². The molecule has 0 unspecified atom stereocenters. The van der Waals surface area contributed by atoms with Gasteiger partial charge in [-0.1, -0.05) is 80.6 Å². The van der Waals surface area contributed by atoms with Gasteiger partial charge in [-0.05, 0) is 31.4 Å². The first kappa shape index (κ1) is 23.1. The number of benzene rings is 2. The van der Waals surface area contributed by atoms with Gasteiger partial charge in [0.25, 0.3) is 11.8 Å². The van der Waals surface area contributed by atoms with Gasteiger partial charge in [0.15, 0.2) is 0 Å². The Morgan fingerprint density at radius 2 is 1.52 bits per heavy atom. The summed E-state index contributed by atoms with van der Waals surface area (Å²) in [5.74, 6) is 0.266. The first-order valence-electron chi connectivity index (χ1n) is 12.2. The molecule has 0 spiro atoms. The lowest BCUT2D eigenvalue weighted by atomic mass is 9.95. The summed E-state index contributed by atoms with van der Waals surface area (Å²) in [6, 6.07) is 17.6. The SMILES string of the molecule is CCN(Cc1ccccc1)C1=C(c2ccccc2OC)C(=O)N(C2CCCCCCC2)C1=O. The maximum atomic E-state index is 14.0. The van der Waals surface area contributed by atoms with Gasteiger partial charge in [-0.25, -0.2) is 0 Å². The van der Waals surface area contributed by atoms with Crippen molar-refractivity contribution < 1.29 is 14.3 Å². The third-order valence-corrected chi connectivity index (χ3v) is 6.82. The van der Waals surface area contributed by atoms with Crippen molar-refractivity contribution in [1.29, 1.82) is 0 Å². The van der Waals surface area contributed by atoms with Gasteiger partial charge in [0.1, 0.15) is 11.4 Å². The molecule has 1 saturated carbocycles. The molecule has 1 heterocycles. The zero-order valence-corrected chi connectivity index (χ0v) is 19.8. The fourth-order valence-electron chi connectivity index (χ4n) is 5.10. The van der Waals surface area contributed by atoms with Crippen LogP contribution in [0, 0.1) is 0 Å². The third kappa shape index (κ3) is 4.82. The number of carbonyl (C=O) groups excluding carboxylic acids is 2. The van der Waals surface area contributed by atoms with Crippen LogP contribution in [0.15, 0.2) is 60.3 Å². The molecular weight excluding hydrogens is 412 g/mol. The quantitative estimate of drug-likeness (QED) is 0.534. The van der Waals surface area contributed by atoms with Gasteiger partial charge in [0.2, 0.25) is 0 Å². The summed E-state index contributed by atoms with van der Waals surface area (Å²) in [6.45, 7) is 3.23. The molecule has 2 amide bonds. The van der Waals surface area contributed by atoms with E-state index >= 15 is 0 Å². The summed E-state index contributed by atoms with van der Waals surface area (Å²) in [5.41, 5.74) is 2.76. The molecule has 174 valence electrons. The van der Waals surface area contributed by atoms with Crippen LogP contribution >= 0.6 is 0 Å². The molecule has 0 atom stereocenters.